The predicted molar refractivity (Wildman–Crippen MR) is 78.8 cm³/mol. The number of rotatable bonds is 2. The molecule has 1 heterocycles. The fourth-order valence-electron chi connectivity index (χ4n) is 2.01. The Morgan fingerprint density at radius 3 is 2.55 bits per heavy atom. The summed E-state index contributed by atoms with van der Waals surface area (Å²) in [6.45, 7) is 1.96. The number of aromatic nitrogens is 1. The number of hydrogen-bond donors (Lipinski definition) is 1. The third-order valence-corrected chi connectivity index (χ3v) is 3.32. The van der Waals surface area contributed by atoms with Gasteiger partial charge < -0.3 is 9.63 Å². The van der Waals surface area contributed by atoms with Crippen LogP contribution in [0, 0.1) is 6.92 Å². The van der Waals surface area contributed by atoms with Crippen LogP contribution < -0.4 is 0 Å². The third-order valence-electron chi connectivity index (χ3n) is 3.07. The smallest absolute Gasteiger partial charge is 0.171 e. The Labute approximate surface area is 121 Å². The predicted octanol–water partition coefficient (Wildman–Crippen LogP) is 4.68. The molecule has 0 saturated heterocycles. The number of aryl methyl sites for hydroxylation is 1. The summed E-state index contributed by atoms with van der Waals surface area (Å²) in [4.78, 5) is 0. The minimum atomic E-state index is 0.175. The average molecular weight is 286 g/mol. The number of halogens is 1. The van der Waals surface area contributed by atoms with Crippen molar-refractivity contribution in [3.05, 3.63) is 59.1 Å². The van der Waals surface area contributed by atoms with Gasteiger partial charge in [0.25, 0.3) is 0 Å². The highest BCUT2D eigenvalue weighted by atomic mass is 35.5. The van der Waals surface area contributed by atoms with Gasteiger partial charge in [0, 0.05) is 16.7 Å². The van der Waals surface area contributed by atoms with E-state index in [0.717, 1.165) is 11.1 Å². The van der Waals surface area contributed by atoms with Crippen molar-refractivity contribution in [1.82, 2.24) is 5.16 Å². The Hall–Kier alpha value is -2.26. The first kappa shape index (κ1) is 12.8. The van der Waals surface area contributed by atoms with Crippen molar-refractivity contribution in [2.24, 2.45) is 0 Å². The summed E-state index contributed by atoms with van der Waals surface area (Å²) < 4.78 is 5.33. The molecule has 0 spiro atoms. The SMILES string of the molecule is Cc1ccc(O)c(-c2cc(-c3ccc(Cl)cc3)no2)c1. The normalized spacial score (nSPS) is 10.7. The molecule has 3 nitrogen and oxygen atoms in total. The van der Waals surface area contributed by atoms with Gasteiger partial charge in [-0.1, -0.05) is 40.5 Å². The van der Waals surface area contributed by atoms with Crippen LogP contribution in [0.1, 0.15) is 5.56 Å². The number of nitrogens with zero attached hydrogens (tertiary/aromatic N) is 1. The van der Waals surface area contributed by atoms with Crippen molar-refractivity contribution in [2.75, 3.05) is 0 Å². The van der Waals surface area contributed by atoms with Crippen LogP contribution in [-0.4, -0.2) is 10.3 Å². The molecule has 3 rings (SSSR count). The molecule has 3 aromatic rings. The Bertz CT molecular complexity index is 747. The Morgan fingerprint density at radius 2 is 1.80 bits per heavy atom. The van der Waals surface area contributed by atoms with E-state index < -0.39 is 0 Å². The molecular weight excluding hydrogens is 274 g/mol. The van der Waals surface area contributed by atoms with Gasteiger partial charge in [0.05, 0.1) is 5.56 Å². The van der Waals surface area contributed by atoms with Crippen molar-refractivity contribution in [2.45, 2.75) is 6.92 Å². The van der Waals surface area contributed by atoms with Gasteiger partial charge in [-0.2, -0.15) is 0 Å². The molecule has 1 N–H and O–H groups in total. The van der Waals surface area contributed by atoms with E-state index in [1.165, 1.54) is 0 Å². The van der Waals surface area contributed by atoms with Crippen molar-refractivity contribution in [1.29, 1.82) is 0 Å². The second kappa shape index (κ2) is 5.02. The maximum atomic E-state index is 9.90. The molecule has 0 aliphatic carbocycles. The van der Waals surface area contributed by atoms with E-state index in [1.807, 2.05) is 31.2 Å². The zero-order chi connectivity index (χ0) is 14.1. The minimum Gasteiger partial charge on any atom is -0.507 e. The van der Waals surface area contributed by atoms with Crippen LogP contribution in [0.4, 0.5) is 0 Å². The van der Waals surface area contributed by atoms with Crippen molar-refractivity contribution < 1.29 is 9.63 Å². The van der Waals surface area contributed by atoms with Crippen molar-refractivity contribution >= 4 is 11.6 Å². The lowest BCUT2D eigenvalue weighted by Crippen LogP contribution is -1.78. The maximum absolute atomic E-state index is 9.90. The molecule has 0 bridgehead atoms. The molecule has 0 amide bonds. The van der Waals surface area contributed by atoms with Crippen LogP contribution in [0.25, 0.3) is 22.6 Å². The zero-order valence-electron chi connectivity index (χ0n) is 10.8. The van der Waals surface area contributed by atoms with E-state index in [1.54, 1.807) is 24.3 Å². The van der Waals surface area contributed by atoms with Gasteiger partial charge in [-0.05, 0) is 31.2 Å². The quantitative estimate of drug-likeness (QED) is 0.744. The summed E-state index contributed by atoms with van der Waals surface area (Å²) >= 11 is 5.86. The third kappa shape index (κ3) is 2.40. The number of aromatic hydroxyl groups is 1. The number of benzene rings is 2. The fraction of sp³-hybridized carbons (Fsp3) is 0.0625. The van der Waals surface area contributed by atoms with Gasteiger partial charge in [0.15, 0.2) is 5.76 Å². The average Bonchev–Trinajstić information content (AvgIpc) is 2.92. The summed E-state index contributed by atoms with van der Waals surface area (Å²) in [6.07, 6.45) is 0. The maximum Gasteiger partial charge on any atom is 0.171 e. The van der Waals surface area contributed by atoms with Gasteiger partial charge in [0.2, 0.25) is 0 Å². The summed E-state index contributed by atoms with van der Waals surface area (Å²) in [5.74, 6) is 0.713. The molecule has 100 valence electrons. The highest BCUT2D eigenvalue weighted by Crippen LogP contribution is 2.32. The van der Waals surface area contributed by atoms with Gasteiger partial charge in [-0.25, -0.2) is 0 Å². The Morgan fingerprint density at radius 1 is 1.05 bits per heavy atom. The highest BCUT2D eigenvalue weighted by Gasteiger charge is 2.12. The first-order valence-electron chi connectivity index (χ1n) is 6.16. The van der Waals surface area contributed by atoms with Crippen LogP contribution in [0.2, 0.25) is 5.02 Å². The molecule has 0 fully saturated rings. The van der Waals surface area contributed by atoms with Gasteiger partial charge in [0.1, 0.15) is 11.4 Å². The molecule has 1 aromatic heterocycles. The van der Waals surface area contributed by atoms with Crippen LogP contribution >= 0.6 is 11.6 Å². The molecule has 2 aromatic carbocycles. The van der Waals surface area contributed by atoms with E-state index in [-0.39, 0.29) is 5.75 Å². The second-order valence-corrected chi connectivity index (χ2v) is 5.04. The molecule has 4 heteroatoms. The van der Waals surface area contributed by atoms with E-state index in [9.17, 15) is 5.11 Å². The second-order valence-electron chi connectivity index (χ2n) is 4.60. The zero-order valence-corrected chi connectivity index (χ0v) is 11.6. The number of hydrogen-bond acceptors (Lipinski definition) is 3. The highest BCUT2D eigenvalue weighted by molar-refractivity contribution is 6.30. The molecule has 0 aliphatic rings. The minimum absolute atomic E-state index is 0.175. The van der Waals surface area contributed by atoms with E-state index in [4.69, 9.17) is 16.1 Å². The molecule has 0 radical (unpaired) electrons. The number of phenols is 1. The molecular formula is C16H12ClNO2. The molecule has 20 heavy (non-hydrogen) atoms. The van der Waals surface area contributed by atoms with Crippen LogP contribution in [0.5, 0.6) is 5.75 Å². The van der Waals surface area contributed by atoms with Crippen molar-refractivity contribution in [3.8, 4) is 28.3 Å². The molecule has 0 aliphatic heterocycles. The molecule has 0 saturated carbocycles. The molecule has 0 atom stereocenters. The summed E-state index contributed by atoms with van der Waals surface area (Å²) in [5.41, 5.74) is 3.30. The monoisotopic (exact) mass is 285 g/mol. The lowest BCUT2D eigenvalue weighted by molar-refractivity contribution is 0.428. The molecule has 0 unspecified atom stereocenters. The topological polar surface area (TPSA) is 46.3 Å². The van der Waals surface area contributed by atoms with E-state index >= 15 is 0 Å². The van der Waals surface area contributed by atoms with E-state index in [2.05, 4.69) is 5.16 Å². The lowest BCUT2D eigenvalue weighted by atomic mass is 10.1. The fourth-order valence-corrected chi connectivity index (χ4v) is 2.13. The Kier molecular flexibility index (Phi) is 3.20. The van der Waals surface area contributed by atoms with E-state index in [0.29, 0.717) is 22.0 Å². The summed E-state index contributed by atoms with van der Waals surface area (Å²) in [5, 5.41) is 14.6. The van der Waals surface area contributed by atoms with Gasteiger partial charge in [-0.15, -0.1) is 0 Å². The van der Waals surface area contributed by atoms with Crippen LogP contribution in [0.15, 0.2) is 53.1 Å². The Balaban J connectivity index is 2.01. The van der Waals surface area contributed by atoms with Crippen molar-refractivity contribution in [3.63, 3.8) is 0 Å². The first-order valence-corrected chi connectivity index (χ1v) is 6.54. The first-order chi connectivity index (χ1) is 9.63. The van der Waals surface area contributed by atoms with Crippen LogP contribution in [-0.2, 0) is 0 Å². The summed E-state index contributed by atoms with van der Waals surface area (Å²) in [7, 11) is 0. The van der Waals surface area contributed by atoms with Gasteiger partial charge in [-0.3, -0.25) is 0 Å². The largest absolute Gasteiger partial charge is 0.507 e. The number of phenolic OH excluding ortho intramolecular Hbond substituents is 1. The van der Waals surface area contributed by atoms with Gasteiger partial charge >= 0.3 is 0 Å². The standard InChI is InChI=1S/C16H12ClNO2/c1-10-2-7-15(19)13(8-10)16-9-14(18-20-16)11-3-5-12(17)6-4-11/h2-9,19H,1H3. The lowest BCUT2D eigenvalue weighted by Gasteiger charge is -2.00. The van der Waals surface area contributed by atoms with Crippen LogP contribution in [0.3, 0.4) is 0 Å². The summed E-state index contributed by atoms with van der Waals surface area (Å²) in [6, 6.07) is 14.5.